The summed E-state index contributed by atoms with van der Waals surface area (Å²) in [6.07, 6.45) is 2.84. The molecule has 1 aliphatic heterocycles. The van der Waals surface area contributed by atoms with Gasteiger partial charge in [-0.25, -0.2) is 9.97 Å². The summed E-state index contributed by atoms with van der Waals surface area (Å²) in [4.78, 5) is 13.3. The van der Waals surface area contributed by atoms with Gasteiger partial charge in [-0.2, -0.15) is 5.10 Å². The average molecular weight is 461 g/mol. The Balaban J connectivity index is 1.08. The maximum absolute atomic E-state index is 10.5. The van der Waals surface area contributed by atoms with E-state index in [0.717, 1.165) is 54.5 Å². The number of para-hydroxylation sites is 1. The van der Waals surface area contributed by atoms with Gasteiger partial charge in [0, 0.05) is 39.8 Å². The molecular weight excluding hydrogens is 432 g/mol. The van der Waals surface area contributed by atoms with Crippen LogP contribution in [0.1, 0.15) is 0 Å². The average Bonchev–Trinajstić information content (AvgIpc) is 3.26. The van der Waals surface area contributed by atoms with Gasteiger partial charge < -0.3 is 19.5 Å². The second-order valence-electron chi connectivity index (χ2n) is 8.34. The van der Waals surface area contributed by atoms with Crippen molar-refractivity contribution in [3.05, 3.63) is 67.1 Å². The largest absolute Gasteiger partial charge is 0.491 e. The minimum absolute atomic E-state index is 0.237. The Morgan fingerprint density at radius 1 is 0.912 bits per heavy atom. The number of aliphatic hydroxyl groups excluding tert-OH is 1. The van der Waals surface area contributed by atoms with Gasteiger partial charge in [-0.1, -0.05) is 18.2 Å². The maximum atomic E-state index is 10.5. The zero-order valence-corrected chi connectivity index (χ0v) is 19.1. The summed E-state index contributed by atoms with van der Waals surface area (Å²) < 4.78 is 13.3. The Morgan fingerprint density at radius 3 is 2.38 bits per heavy atom. The number of ether oxygens (including phenoxy) is 2. The van der Waals surface area contributed by atoms with Crippen LogP contribution < -0.4 is 14.4 Å². The number of hydrogen-bond donors (Lipinski definition) is 1. The van der Waals surface area contributed by atoms with Crippen LogP contribution in [0.4, 0.5) is 5.82 Å². The Morgan fingerprint density at radius 2 is 1.62 bits per heavy atom. The van der Waals surface area contributed by atoms with E-state index in [1.807, 2.05) is 67.8 Å². The van der Waals surface area contributed by atoms with E-state index in [9.17, 15) is 5.11 Å². The Labute approximate surface area is 198 Å². The summed E-state index contributed by atoms with van der Waals surface area (Å²) >= 11 is 0. The molecule has 1 N–H and O–H groups in total. The molecule has 0 aliphatic carbocycles. The molecule has 5 rings (SSSR count). The fraction of sp³-hybridized carbons (Fsp3) is 0.320. The SMILES string of the molecule is Cn1ncc2c(N3CCN(C[C@@H](O)COc4ccc(Oc5ccccc5)cc4)CC3)ncnc21. The minimum atomic E-state index is -0.573. The Hall–Kier alpha value is -3.69. The fourth-order valence-electron chi connectivity index (χ4n) is 4.12. The van der Waals surface area contributed by atoms with E-state index in [-0.39, 0.29) is 6.61 Å². The summed E-state index contributed by atoms with van der Waals surface area (Å²) in [6, 6.07) is 17.1. The standard InChI is InChI=1S/C25H28N6O3/c1-29-24-23(15-28-29)25(27-18-26-24)31-13-11-30(12-14-31)16-19(32)17-33-20-7-9-22(10-8-20)34-21-5-3-2-4-6-21/h2-10,15,18-19,32H,11-14,16-17H2,1H3/t19-/m1/s1. The number of nitrogens with zero attached hydrogens (tertiary/aromatic N) is 6. The molecular formula is C25H28N6O3. The molecule has 9 heteroatoms. The van der Waals surface area contributed by atoms with Gasteiger partial charge >= 0.3 is 0 Å². The fourth-order valence-corrected chi connectivity index (χ4v) is 4.12. The van der Waals surface area contributed by atoms with Crippen molar-refractivity contribution >= 4 is 16.9 Å². The summed E-state index contributed by atoms with van der Waals surface area (Å²) in [5.41, 5.74) is 0.833. The minimum Gasteiger partial charge on any atom is -0.491 e. The molecule has 0 radical (unpaired) electrons. The zero-order chi connectivity index (χ0) is 23.3. The second kappa shape index (κ2) is 10.1. The molecule has 34 heavy (non-hydrogen) atoms. The number of benzene rings is 2. The molecule has 0 bridgehead atoms. The van der Waals surface area contributed by atoms with E-state index in [1.54, 1.807) is 11.0 Å². The lowest BCUT2D eigenvalue weighted by Gasteiger charge is -2.36. The molecule has 2 aromatic carbocycles. The van der Waals surface area contributed by atoms with Crippen LogP contribution in [0.2, 0.25) is 0 Å². The lowest BCUT2D eigenvalue weighted by atomic mass is 10.2. The molecule has 1 fully saturated rings. The number of fused-ring (bicyclic) bond motifs is 1. The molecule has 0 amide bonds. The van der Waals surface area contributed by atoms with Crippen molar-refractivity contribution in [3.63, 3.8) is 0 Å². The monoisotopic (exact) mass is 460 g/mol. The normalized spacial score (nSPS) is 15.4. The summed E-state index contributed by atoms with van der Waals surface area (Å²) in [7, 11) is 1.88. The van der Waals surface area contributed by atoms with Gasteiger partial charge in [0.25, 0.3) is 0 Å². The second-order valence-corrected chi connectivity index (χ2v) is 8.34. The molecule has 1 atom stereocenters. The van der Waals surface area contributed by atoms with Gasteiger partial charge in [0.1, 0.15) is 42.1 Å². The van der Waals surface area contributed by atoms with Crippen LogP contribution in [0.5, 0.6) is 17.2 Å². The third-order valence-electron chi connectivity index (χ3n) is 5.89. The van der Waals surface area contributed by atoms with Crippen molar-refractivity contribution in [1.82, 2.24) is 24.6 Å². The molecule has 1 saturated heterocycles. The Kier molecular flexibility index (Phi) is 6.55. The van der Waals surface area contributed by atoms with Crippen molar-refractivity contribution in [1.29, 1.82) is 0 Å². The van der Waals surface area contributed by atoms with Crippen LogP contribution in [0.25, 0.3) is 11.0 Å². The highest BCUT2D eigenvalue weighted by Gasteiger charge is 2.22. The third kappa shape index (κ3) is 5.11. The van der Waals surface area contributed by atoms with Crippen molar-refractivity contribution in [2.45, 2.75) is 6.10 Å². The van der Waals surface area contributed by atoms with E-state index in [1.165, 1.54) is 0 Å². The van der Waals surface area contributed by atoms with Crippen LogP contribution in [0.15, 0.2) is 67.1 Å². The van der Waals surface area contributed by atoms with Crippen LogP contribution >= 0.6 is 0 Å². The van der Waals surface area contributed by atoms with E-state index < -0.39 is 6.10 Å². The molecule has 0 unspecified atom stereocenters. The molecule has 3 heterocycles. The molecule has 176 valence electrons. The molecule has 0 spiro atoms. The van der Waals surface area contributed by atoms with Gasteiger partial charge in [0.15, 0.2) is 5.65 Å². The highest BCUT2D eigenvalue weighted by Crippen LogP contribution is 2.24. The van der Waals surface area contributed by atoms with Crippen LogP contribution in [-0.2, 0) is 7.05 Å². The number of piperazine rings is 1. The predicted molar refractivity (Wildman–Crippen MR) is 129 cm³/mol. The van der Waals surface area contributed by atoms with Crippen molar-refractivity contribution in [2.24, 2.45) is 7.05 Å². The van der Waals surface area contributed by atoms with Crippen LogP contribution in [0.3, 0.4) is 0 Å². The summed E-state index contributed by atoms with van der Waals surface area (Å²) in [5, 5.41) is 15.8. The van der Waals surface area contributed by atoms with Gasteiger partial charge in [-0.05, 0) is 36.4 Å². The number of rotatable bonds is 8. The lowest BCUT2D eigenvalue weighted by molar-refractivity contribution is 0.0662. The maximum Gasteiger partial charge on any atom is 0.163 e. The first-order valence-electron chi connectivity index (χ1n) is 11.4. The lowest BCUT2D eigenvalue weighted by Crippen LogP contribution is -2.49. The van der Waals surface area contributed by atoms with Crippen LogP contribution in [-0.4, -0.2) is 75.2 Å². The van der Waals surface area contributed by atoms with Gasteiger partial charge in [0.2, 0.25) is 0 Å². The quantitative estimate of drug-likeness (QED) is 0.429. The van der Waals surface area contributed by atoms with Crippen molar-refractivity contribution < 1.29 is 14.6 Å². The van der Waals surface area contributed by atoms with Crippen LogP contribution in [0, 0.1) is 0 Å². The van der Waals surface area contributed by atoms with Crippen molar-refractivity contribution in [3.8, 4) is 17.2 Å². The summed E-state index contributed by atoms with van der Waals surface area (Å²) in [6.45, 7) is 4.15. The number of hydrogen-bond acceptors (Lipinski definition) is 8. The van der Waals surface area contributed by atoms with Gasteiger partial charge in [-0.3, -0.25) is 9.58 Å². The number of anilines is 1. The molecule has 9 nitrogen and oxygen atoms in total. The highest BCUT2D eigenvalue weighted by molar-refractivity contribution is 5.86. The van der Waals surface area contributed by atoms with Gasteiger partial charge in [0.05, 0.1) is 11.6 Å². The third-order valence-corrected chi connectivity index (χ3v) is 5.89. The first kappa shape index (κ1) is 22.1. The van der Waals surface area contributed by atoms with Gasteiger partial charge in [-0.15, -0.1) is 0 Å². The highest BCUT2D eigenvalue weighted by atomic mass is 16.5. The van der Waals surface area contributed by atoms with E-state index in [4.69, 9.17) is 9.47 Å². The first-order valence-corrected chi connectivity index (χ1v) is 11.4. The zero-order valence-electron chi connectivity index (χ0n) is 19.1. The topological polar surface area (TPSA) is 88.8 Å². The van der Waals surface area contributed by atoms with Crippen molar-refractivity contribution in [2.75, 3.05) is 44.2 Å². The number of β-amino-alcohol motifs (C(OH)–C–C–N with tert-alkyl or cyclic N) is 1. The first-order chi connectivity index (χ1) is 16.7. The number of aryl methyl sites for hydroxylation is 1. The smallest absolute Gasteiger partial charge is 0.163 e. The molecule has 4 aromatic rings. The number of aromatic nitrogens is 4. The van der Waals surface area contributed by atoms with E-state index in [2.05, 4.69) is 24.9 Å². The Bertz CT molecular complexity index is 1210. The van der Waals surface area contributed by atoms with E-state index >= 15 is 0 Å². The van der Waals surface area contributed by atoms with E-state index in [0.29, 0.717) is 12.3 Å². The predicted octanol–water partition coefficient (Wildman–Crippen LogP) is 2.72. The number of aliphatic hydroxyl groups is 1. The molecule has 2 aromatic heterocycles. The summed E-state index contributed by atoms with van der Waals surface area (Å²) in [5.74, 6) is 3.15. The molecule has 0 saturated carbocycles. The molecule has 1 aliphatic rings.